The third kappa shape index (κ3) is 3.48. The number of hydrogen-bond donors (Lipinski definition) is 0. The quantitative estimate of drug-likeness (QED) is 0.598. The molecule has 3 heteroatoms. The minimum Gasteiger partial charge on any atom is -0.293 e. The van der Waals surface area contributed by atoms with Crippen LogP contribution in [0.2, 0.25) is 0 Å². The predicted octanol–water partition coefficient (Wildman–Crippen LogP) is 4.73. The molecule has 0 saturated heterocycles. The smallest absolute Gasteiger partial charge is 0.173 e. The zero-order valence-corrected chi connectivity index (χ0v) is 12.7. The van der Waals surface area contributed by atoms with Gasteiger partial charge in [0.15, 0.2) is 5.78 Å². The van der Waals surface area contributed by atoms with Crippen molar-refractivity contribution in [3.8, 4) is 0 Å². The molecule has 0 spiro atoms. The Morgan fingerprint density at radius 2 is 1.60 bits per heavy atom. The number of benzene rings is 2. The summed E-state index contributed by atoms with van der Waals surface area (Å²) in [6, 6.07) is 10.3. The summed E-state index contributed by atoms with van der Waals surface area (Å²) in [5, 5.41) is 0. The fourth-order valence-electron chi connectivity index (χ4n) is 2.37. The van der Waals surface area contributed by atoms with Gasteiger partial charge in [-0.2, -0.15) is 0 Å². The van der Waals surface area contributed by atoms with Crippen LogP contribution < -0.4 is 0 Å². The van der Waals surface area contributed by atoms with Crippen molar-refractivity contribution in [3.05, 3.63) is 64.5 Å². The van der Waals surface area contributed by atoms with Crippen LogP contribution in [0.25, 0.3) is 0 Å². The van der Waals surface area contributed by atoms with Gasteiger partial charge in [-0.1, -0.05) is 17.7 Å². The molecule has 0 unspecified atom stereocenters. The molecule has 0 saturated carbocycles. The molecule has 0 aliphatic heterocycles. The molecule has 0 radical (unpaired) electrons. The molecule has 0 bridgehead atoms. The summed E-state index contributed by atoms with van der Waals surface area (Å²) in [7, 11) is 0. The highest BCUT2D eigenvalue weighted by molar-refractivity contribution is 8.00. The normalized spacial score (nSPS) is 10.6. The maximum absolute atomic E-state index is 12.8. The second-order valence-corrected chi connectivity index (χ2v) is 5.99. The van der Waals surface area contributed by atoms with Gasteiger partial charge < -0.3 is 0 Å². The minimum atomic E-state index is -0.258. The number of Topliss-reactive ketones (excluding diaryl/α,β-unsaturated/α-hetero) is 1. The van der Waals surface area contributed by atoms with Gasteiger partial charge in [0, 0.05) is 10.5 Å². The predicted molar refractivity (Wildman–Crippen MR) is 82.1 cm³/mol. The van der Waals surface area contributed by atoms with Crippen LogP contribution in [0.15, 0.2) is 41.3 Å². The lowest BCUT2D eigenvalue weighted by molar-refractivity contribution is 0.102. The topological polar surface area (TPSA) is 17.1 Å². The first-order chi connectivity index (χ1) is 9.47. The average molecular weight is 288 g/mol. The Labute approximate surface area is 123 Å². The molecule has 0 aliphatic carbocycles. The Balaban J connectivity index is 2.11. The van der Waals surface area contributed by atoms with E-state index in [0.29, 0.717) is 5.75 Å². The van der Waals surface area contributed by atoms with E-state index < -0.39 is 0 Å². The number of rotatable bonds is 4. The van der Waals surface area contributed by atoms with E-state index in [1.54, 1.807) is 12.1 Å². The van der Waals surface area contributed by atoms with Gasteiger partial charge >= 0.3 is 0 Å². The SMILES string of the molecule is Cc1cc(C)c(C(=O)CSc2ccc(F)cc2)c(C)c1. The molecule has 0 N–H and O–H groups in total. The largest absolute Gasteiger partial charge is 0.293 e. The van der Waals surface area contributed by atoms with Gasteiger partial charge in [0.25, 0.3) is 0 Å². The van der Waals surface area contributed by atoms with E-state index in [4.69, 9.17) is 0 Å². The molecule has 0 heterocycles. The standard InChI is InChI=1S/C17H17FOS/c1-11-8-12(2)17(13(3)9-11)16(19)10-20-15-6-4-14(18)5-7-15/h4-9H,10H2,1-3H3. The Morgan fingerprint density at radius 1 is 1.05 bits per heavy atom. The van der Waals surface area contributed by atoms with Gasteiger partial charge in [0.05, 0.1) is 5.75 Å². The van der Waals surface area contributed by atoms with Gasteiger partial charge in [0.1, 0.15) is 5.82 Å². The summed E-state index contributed by atoms with van der Waals surface area (Å²) in [4.78, 5) is 13.2. The zero-order chi connectivity index (χ0) is 14.7. The van der Waals surface area contributed by atoms with E-state index in [2.05, 4.69) is 0 Å². The molecule has 0 aromatic heterocycles. The number of hydrogen-bond acceptors (Lipinski definition) is 2. The maximum atomic E-state index is 12.8. The number of ketones is 1. The number of carbonyl (C=O) groups excluding carboxylic acids is 1. The highest BCUT2D eigenvalue weighted by Gasteiger charge is 2.13. The molecule has 1 nitrogen and oxygen atoms in total. The zero-order valence-electron chi connectivity index (χ0n) is 11.9. The number of halogens is 1. The van der Waals surface area contributed by atoms with E-state index in [1.807, 2.05) is 32.9 Å². The van der Waals surface area contributed by atoms with Crippen molar-refractivity contribution >= 4 is 17.5 Å². The monoisotopic (exact) mass is 288 g/mol. The number of carbonyl (C=O) groups is 1. The average Bonchev–Trinajstić information content (AvgIpc) is 2.37. The van der Waals surface area contributed by atoms with E-state index in [1.165, 1.54) is 29.5 Å². The van der Waals surface area contributed by atoms with Gasteiger partial charge in [-0.15, -0.1) is 11.8 Å². The van der Waals surface area contributed by atoms with E-state index in [0.717, 1.165) is 21.6 Å². The van der Waals surface area contributed by atoms with E-state index >= 15 is 0 Å². The Hall–Kier alpha value is -1.61. The summed E-state index contributed by atoms with van der Waals surface area (Å²) in [5.74, 6) is 0.233. The van der Waals surface area contributed by atoms with Crippen LogP contribution in [0.4, 0.5) is 4.39 Å². The molecule has 0 amide bonds. The molecule has 2 rings (SSSR count). The van der Waals surface area contributed by atoms with Crippen LogP contribution in [0, 0.1) is 26.6 Å². The molecular weight excluding hydrogens is 271 g/mol. The third-order valence-corrected chi connectivity index (χ3v) is 4.15. The molecule has 2 aromatic carbocycles. The maximum Gasteiger partial charge on any atom is 0.173 e. The fraction of sp³-hybridized carbons (Fsp3) is 0.235. The number of thioether (sulfide) groups is 1. The molecule has 20 heavy (non-hydrogen) atoms. The van der Waals surface area contributed by atoms with Gasteiger partial charge in [-0.25, -0.2) is 4.39 Å². The molecule has 0 fully saturated rings. The van der Waals surface area contributed by atoms with Crippen LogP contribution in [0.1, 0.15) is 27.0 Å². The molecule has 0 aliphatic rings. The number of aryl methyl sites for hydroxylation is 3. The first-order valence-corrected chi connectivity index (χ1v) is 7.45. The van der Waals surface area contributed by atoms with Crippen molar-refractivity contribution in [2.45, 2.75) is 25.7 Å². The van der Waals surface area contributed by atoms with Crippen molar-refractivity contribution in [3.63, 3.8) is 0 Å². The highest BCUT2D eigenvalue weighted by atomic mass is 32.2. The molecule has 104 valence electrons. The lowest BCUT2D eigenvalue weighted by atomic mass is 9.97. The molecule has 0 atom stereocenters. The molecule has 2 aromatic rings. The van der Waals surface area contributed by atoms with E-state index in [9.17, 15) is 9.18 Å². The third-order valence-electron chi connectivity index (χ3n) is 3.14. The van der Waals surface area contributed by atoms with Crippen LogP contribution >= 0.6 is 11.8 Å². The van der Waals surface area contributed by atoms with Gasteiger partial charge in [-0.05, 0) is 56.2 Å². The van der Waals surface area contributed by atoms with Crippen LogP contribution in [-0.2, 0) is 0 Å². The van der Waals surface area contributed by atoms with Crippen LogP contribution in [0.5, 0.6) is 0 Å². The van der Waals surface area contributed by atoms with Gasteiger partial charge in [-0.3, -0.25) is 4.79 Å². The molecular formula is C17H17FOS. The van der Waals surface area contributed by atoms with Crippen molar-refractivity contribution in [2.75, 3.05) is 5.75 Å². The summed E-state index contributed by atoms with van der Waals surface area (Å²) in [6.07, 6.45) is 0. The lowest BCUT2D eigenvalue weighted by Gasteiger charge is -2.10. The highest BCUT2D eigenvalue weighted by Crippen LogP contribution is 2.23. The Morgan fingerprint density at radius 3 is 2.15 bits per heavy atom. The summed E-state index contributed by atoms with van der Waals surface area (Å²) < 4.78 is 12.8. The van der Waals surface area contributed by atoms with Crippen LogP contribution in [0.3, 0.4) is 0 Å². The lowest BCUT2D eigenvalue weighted by Crippen LogP contribution is -2.07. The summed E-state index contributed by atoms with van der Waals surface area (Å²) >= 11 is 1.44. The van der Waals surface area contributed by atoms with Crippen LogP contribution in [-0.4, -0.2) is 11.5 Å². The van der Waals surface area contributed by atoms with Crippen molar-refractivity contribution < 1.29 is 9.18 Å². The van der Waals surface area contributed by atoms with E-state index in [-0.39, 0.29) is 11.6 Å². The first kappa shape index (κ1) is 14.8. The van der Waals surface area contributed by atoms with Crippen molar-refractivity contribution in [1.82, 2.24) is 0 Å². The first-order valence-electron chi connectivity index (χ1n) is 6.47. The Bertz CT molecular complexity index is 609. The van der Waals surface area contributed by atoms with Gasteiger partial charge in [0.2, 0.25) is 0 Å². The van der Waals surface area contributed by atoms with Crippen molar-refractivity contribution in [2.24, 2.45) is 0 Å². The summed E-state index contributed by atoms with van der Waals surface area (Å²) in [6.45, 7) is 5.97. The summed E-state index contributed by atoms with van der Waals surface area (Å²) in [5.41, 5.74) is 4.02. The second-order valence-electron chi connectivity index (χ2n) is 4.94. The van der Waals surface area contributed by atoms with Crippen molar-refractivity contribution in [1.29, 1.82) is 0 Å². The Kier molecular flexibility index (Phi) is 4.61. The second kappa shape index (κ2) is 6.23. The minimum absolute atomic E-state index is 0.120. The fourth-order valence-corrected chi connectivity index (χ4v) is 3.14.